The van der Waals surface area contributed by atoms with Gasteiger partial charge in [0.2, 0.25) is 0 Å². The van der Waals surface area contributed by atoms with Crippen LogP contribution in [0.2, 0.25) is 0 Å². The summed E-state index contributed by atoms with van der Waals surface area (Å²) >= 11 is 0. The van der Waals surface area contributed by atoms with Gasteiger partial charge in [-0.1, -0.05) is 25.1 Å². The minimum absolute atomic E-state index is 0.182. The highest BCUT2D eigenvalue weighted by Gasteiger charge is 2.11. The maximum absolute atomic E-state index is 11.5. The molecule has 0 heterocycles. The van der Waals surface area contributed by atoms with E-state index in [2.05, 4.69) is 10.6 Å². The second-order valence-electron chi connectivity index (χ2n) is 4.27. The second-order valence-corrected chi connectivity index (χ2v) is 4.27. The van der Waals surface area contributed by atoms with Crippen molar-refractivity contribution in [3.05, 3.63) is 29.8 Å². The summed E-state index contributed by atoms with van der Waals surface area (Å²) in [6.45, 7) is 3.62. The fourth-order valence-electron chi connectivity index (χ4n) is 1.76. The molecule has 0 aliphatic rings. The largest absolute Gasteiger partial charge is 0.496 e. The van der Waals surface area contributed by atoms with Crippen LogP contribution >= 0.6 is 0 Å². The van der Waals surface area contributed by atoms with E-state index in [1.54, 1.807) is 14.2 Å². The third-order valence-electron chi connectivity index (χ3n) is 2.83. The van der Waals surface area contributed by atoms with Crippen molar-refractivity contribution in [3.8, 4) is 5.75 Å². The van der Waals surface area contributed by atoms with E-state index in [-0.39, 0.29) is 11.9 Å². The molecule has 5 nitrogen and oxygen atoms in total. The van der Waals surface area contributed by atoms with Gasteiger partial charge in [-0.2, -0.15) is 0 Å². The second kappa shape index (κ2) is 8.37. The fourth-order valence-corrected chi connectivity index (χ4v) is 1.76. The van der Waals surface area contributed by atoms with Crippen molar-refractivity contribution in [1.29, 1.82) is 0 Å². The number of nitrogens with one attached hydrogen (secondary N) is 2. The van der Waals surface area contributed by atoms with Crippen LogP contribution in [0.4, 0.5) is 4.79 Å². The Morgan fingerprint density at radius 3 is 2.68 bits per heavy atom. The van der Waals surface area contributed by atoms with Crippen LogP contribution in [0, 0.1) is 0 Å². The van der Waals surface area contributed by atoms with Crippen LogP contribution in [0.5, 0.6) is 5.75 Å². The van der Waals surface area contributed by atoms with Gasteiger partial charge < -0.3 is 20.1 Å². The van der Waals surface area contributed by atoms with E-state index in [1.165, 1.54) is 0 Å². The average Bonchev–Trinajstić information content (AvgIpc) is 2.45. The smallest absolute Gasteiger partial charge is 0.314 e. The number of urea groups is 1. The lowest BCUT2D eigenvalue weighted by Crippen LogP contribution is -2.38. The van der Waals surface area contributed by atoms with Crippen LogP contribution in [0.25, 0.3) is 0 Å². The number of amides is 2. The Balaban J connectivity index is 2.42. The standard InChI is InChI=1S/C14H22N2O3/c1-11(10-16-14(17)15-8-9-18-2)12-6-4-5-7-13(12)19-3/h4-7,11H,8-10H2,1-3H3,(H2,15,16,17)/t11-/m0/s1. The van der Waals surface area contributed by atoms with E-state index in [1.807, 2.05) is 31.2 Å². The number of carbonyl (C=O) groups is 1. The predicted octanol–water partition coefficient (Wildman–Crippen LogP) is 1.74. The van der Waals surface area contributed by atoms with Crippen molar-refractivity contribution in [2.24, 2.45) is 0 Å². The molecule has 0 aliphatic carbocycles. The van der Waals surface area contributed by atoms with E-state index in [0.717, 1.165) is 11.3 Å². The van der Waals surface area contributed by atoms with E-state index >= 15 is 0 Å². The molecule has 0 bridgehead atoms. The van der Waals surface area contributed by atoms with Crippen molar-refractivity contribution in [3.63, 3.8) is 0 Å². The topological polar surface area (TPSA) is 59.6 Å². The zero-order valence-electron chi connectivity index (χ0n) is 11.7. The molecule has 1 rings (SSSR count). The van der Waals surface area contributed by atoms with Gasteiger partial charge in [-0.15, -0.1) is 0 Å². The van der Waals surface area contributed by atoms with Crippen LogP contribution in [-0.2, 0) is 4.74 Å². The number of hydrogen-bond donors (Lipinski definition) is 2. The van der Waals surface area contributed by atoms with Crippen LogP contribution in [-0.4, -0.2) is 39.9 Å². The molecule has 0 spiro atoms. The molecule has 2 N–H and O–H groups in total. The molecule has 0 radical (unpaired) electrons. The molecule has 0 unspecified atom stereocenters. The molecule has 1 atom stereocenters. The first-order valence-electron chi connectivity index (χ1n) is 6.32. The Labute approximate surface area is 114 Å². The Hall–Kier alpha value is -1.75. The Morgan fingerprint density at radius 2 is 2.00 bits per heavy atom. The SMILES string of the molecule is COCCNC(=O)NC[C@H](C)c1ccccc1OC. The number of ether oxygens (including phenoxy) is 2. The van der Waals surface area contributed by atoms with Gasteiger partial charge in [0.15, 0.2) is 0 Å². The van der Waals surface area contributed by atoms with Gasteiger partial charge in [0, 0.05) is 26.1 Å². The summed E-state index contributed by atoms with van der Waals surface area (Å²) in [7, 11) is 3.25. The average molecular weight is 266 g/mol. The van der Waals surface area contributed by atoms with Gasteiger partial charge in [-0.05, 0) is 11.6 Å². The number of para-hydroxylation sites is 1. The summed E-state index contributed by atoms with van der Waals surface area (Å²) in [5.74, 6) is 1.03. The summed E-state index contributed by atoms with van der Waals surface area (Å²) < 4.78 is 10.2. The summed E-state index contributed by atoms with van der Waals surface area (Å²) in [6, 6.07) is 7.64. The molecule has 2 amide bonds. The van der Waals surface area contributed by atoms with Crippen LogP contribution in [0.15, 0.2) is 24.3 Å². The normalized spacial score (nSPS) is 11.7. The van der Waals surface area contributed by atoms with E-state index < -0.39 is 0 Å². The molecule has 0 saturated carbocycles. The first-order chi connectivity index (χ1) is 9.19. The molecular weight excluding hydrogens is 244 g/mol. The molecule has 106 valence electrons. The lowest BCUT2D eigenvalue weighted by molar-refractivity contribution is 0.196. The van der Waals surface area contributed by atoms with E-state index in [9.17, 15) is 4.79 Å². The number of rotatable bonds is 7. The molecule has 1 aromatic rings. The Kier molecular flexibility index (Phi) is 6.74. The third kappa shape index (κ3) is 5.18. The van der Waals surface area contributed by atoms with Crippen molar-refractivity contribution in [2.75, 3.05) is 33.9 Å². The molecule has 5 heteroatoms. The van der Waals surface area contributed by atoms with Crippen molar-refractivity contribution in [2.45, 2.75) is 12.8 Å². The number of carbonyl (C=O) groups excluding carboxylic acids is 1. The van der Waals surface area contributed by atoms with E-state index in [0.29, 0.717) is 19.7 Å². The highest BCUT2D eigenvalue weighted by Crippen LogP contribution is 2.25. The van der Waals surface area contributed by atoms with E-state index in [4.69, 9.17) is 9.47 Å². The van der Waals surface area contributed by atoms with Crippen molar-refractivity contribution in [1.82, 2.24) is 10.6 Å². The van der Waals surface area contributed by atoms with Gasteiger partial charge in [-0.3, -0.25) is 0 Å². The molecule has 0 fully saturated rings. The Morgan fingerprint density at radius 1 is 1.26 bits per heavy atom. The van der Waals surface area contributed by atoms with Gasteiger partial charge >= 0.3 is 6.03 Å². The van der Waals surface area contributed by atoms with Crippen LogP contribution in [0.1, 0.15) is 18.4 Å². The summed E-state index contributed by atoms with van der Waals surface area (Å²) in [5.41, 5.74) is 1.09. The first kappa shape index (κ1) is 15.3. The molecular formula is C14H22N2O3. The number of methoxy groups -OCH3 is 2. The lowest BCUT2D eigenvalue weighted by atomic mass is 10.0. The summed E-state index contributed by atoms with van der Waals surface area (Å²) in [6.07, 6.45) is 0. The predicted molar refractivity (Wildman–Crippen MR) is 74.7 cm³/mol. The van der Waals surface area contributed by atoms with Gasteiger partial charge in [0.1, 0.15) is 5.75 Å². The van der Waals surface area contributed by atoms with Gasteiger partial charge in [0.25, 0.3) is 0 Å². The van der Waals surface area contributed by atoms with Gasteiger partial charge in [0.05, 0.1) is 13.7 Å². The first-order valence-corrected chi connectivity index (χ1v) is 6.32. The summed E-state index contributed by atoms with van der Waals surface area (Å²) in [5, 5.41) is 5.54. The third-order valence-corrected chi connectivity index (χ3v) is 2.83. The van der Waals surface area contributed by atoms with Crippen molar-refractivity contribution < 1.29 is 14.3 Å². The highest BCUT2D eigenvalue weighted by atomic mass is 16.5. The lowest BCUT2D eigenvalue weighted by Gasteiger charge is -2.16. The molecule has 0 saturated heterocycles. The maximum atomic E-state index is 11.5. The van der Waals surface area contributed by atoms with Crippen LogP contribution < -0.4 is 15.4 Å². The molecule has 1 aromatic carbocycles. The molecule has 0 aliphatic heterocycles. The molecule has 19 heavy (non-hydrogen) atoms. The zero-order valence-corrected chi connectivity index (χ0v) is 11.7. The minimum atomic E-state index is -0.182. The quantitative estimate of drug-likeness (QED) is 0.739. The number of benzene rings is 1. The Bertz CT molecular complexity index is 396. The van der Waals surface area contributed by atoms with Crippen molar-refractivity contribution >= 4 is 6.03 Å². The van der Waals surface area contributed by atoms with Gasteiger partial charge in [-0.25, -0.2) is 4.79 Å². The fraction of sp³-hybridized carbons (Fsp3) is 0.500. The monoisotopic (exact) mass is 266 g/mol. The molecule has 0 aromatic heterocycles. The maximum Gasteiger partial charge on any atom is 0.314 e. The number of hydrogen-bond acceptors (Lipinski definition) is 3. The summed E-state index contributed by atoms with van der Waals surface area (Å²) in [4.78, 5) is 11.5. The minimum Gasteiger partial charge on any atom is -0.496 e. The highest BCUT2D eigenvalue weighted by molar-refractivity contribution is 5.73. The van der Waals surface area contributed by atoms with Crippen LogP contribution in [0.3, 0.4) is 0 Å². The zero-order chi connectivity index (χ0) is 14.1.